The van der Waals surface area contributed by atoms with Gasteiger partial charge in [0.1, 0.15) is 22.3 Å². The van der Waals surface area contributed by atoms with Crippen molar-refractivity contribution in [3.05, 3.63) is 140 Å². The molecule has 0 saturated carbocycles. The summed E-state index contributed by atoms with van der Waals surface area (Å²) < 4.78 is 16.4. The van der Waals surface area contributed by atoms with E-state index in [0.29, 0.717) is 45.5 Å². The van der Waals surface area contributed by atoms with Crippen LogP contribution in [0.1, 0.15) is 77.6 Å². The number of benzene rings is 6. The summed E-state index contributed by atoms with van der Waals surface area (Å²) >= 11 is 0. The Balaban J connectivity index is 1.18. The van der Waals surface area contributed by atoms with Crippen LogP contribution in [0.25, 0.3) is 87.9 Å². The molecule has 302 valence electrons. The fourth-order valence-corrected chi connectivity index (χ4v) is 10.0. The average Bonchev–Trinajstić information content (AvgIpc) is 3.93. The molecule has 4 aromatic heterocycles. The molecule has 6 heteroatoms. The molecule has 0 amide bonds. The minimum Gasteiger partial charge on any atom is -0.456 e. The molecule has 6 nitrogen and oxygen atoms in total. The van der Waals surface area contributed by atoms with Crippen LogP contribution in [0.4, 0.5) is 0 Å². The second-order valence-electron chi connectivity index (χ2n) is 18.8. The van der Waals surface area contributed by atoms with Crippen molar-refractivity contribution in [1.29, 1.82) is 0 Å². The first-order valence-electron chi connectivity index (χ1n) is 21.8. The first kappa shape index (κ1) is 38.1. The van der Waals surface area contributed by atoms with Crippen LogP contribution in [0, 0.1) is 23.7 Å². The van der Waals surface area contributed by atoms with Crippen molar-refractivity contribution in [3.8, 4) is 22.3 Å². The van der Waals surface area contributed by atoms with Gasteiger partial charge in [-0.2, -0.15) is 4.52 Å². The predicted molar refractivity (Wildman–Crippen MR) is 249 cm³/mol. The van der Waals surface area contributed by atoms with Crippen molar-refractivity contribution in [3.63, 3.8) is 0 Å². The van der Waals surface area contributed by atoms with Crippen LogP contribution in [-0.4, -0.2) is 9.03 Å². The summed E-state index contributed by atoms with van der Waals surface area (Å²) in [7, 11) is 0. The molecule has 0 spiro atoms. The van der Waals surface area contributed by atoms with Crippen LogP contribution in [0.15, 0.2) is 115 Å². The SMILES string of the molecule is CC(C)Cc1cc2c(oc3ccccc32)c(CC(C)C)c1-c1ccc2c(c1)c(=O)n1c(=O)c3cc(-c4c(CC(C)C)cc5c(oc6ccccc65)c4CC(C)C)ccc3n21. The van der Waals surface area contributed by atoms with Gasteiger partial charge < -0.3 is 8.83 Å². The minimum absolute atomic E-state index is 0.306. The molecule has 0 unspecified atom stereocenters. The fraction of sp³-hybridized carbons (Fsp3) is 0.296. The molecule has 0 radical (unpaired) electrons. The molecule has 0 N–H and O–H groups in total. The van der Waals surface area contributed by atoms with Crippen molar-refractivity contribution in [2.75, 3.05) is 0 Å². The molecule has 10 rings (SSSR count). The Morgan fingerprint density at radius 3 is 1.23 bits per heavy atom. The first-order chi connectivity index (χ1) is 28.9. The highest BCUT2D eigenvalue weighted by atomic mass is 16.3. The molecule has 0 aliphatic rings. The van der Waals surface area contributed by atoms with E-state index in [-0.39, 0.29) is 11.1 Å². The molecule has 0 saturated heterocycles. The number of hydrogen-bond acceptors (Lipinski definition) is 4. The maximum Gasteiger partial charge on any atom is 0.282 e. The third kappa shape index (κ3) is 5.97. The van der Waals surface area contributed by atoms with E-state index in [4.69, 9.17) is 8.83 Å². The summed E-state index contributed by atoms with van der Waals surface area (Å²) in [5.41, 5.74) is 13.4. The van der Waals surface area contributed by atoms with Crippen molar-refractivity contribution in [1.82, 2.24) is 9.03 Å². The number of nitrogens with zero attached hydrogens (tertiary/aromatic N) is 2. The number of hydrogen-bond donors (Lipinski definition) is 0. The first-order valence-corrected chi connectivity index (χ1v) is 21.8. The Hall–Kier alpha value is -6.14. The van der Waals surface area contributed by atoms with Gasteiger partial charge in [-0.1, -0.05) is 104 Å². The topological polar surface area (TPSA) is 69.2 Å². The number of rotatable bonds is 10. The van der Waals surface area contributed by atoms with E-state index in [1.165, 1.54) is 26.8 Å². The van der Waals surface area contributed by atoms with E-state index in [1.807, 2.05) is 53.0 Å². The van der Waals surface area contributed by atoms with Gasteiger partial charge in [0.15, 0.2) is 0 Å². The molecule has 60 heavy (non-hydrogen) atoms. The zero-order chi connectivity index (χ0) is 41.7. The summed E-state index contributed by atoms with van der Waals surface area (Å²) in [6.45, 7) is 18.0. The summed E-state index contributed by atoms with van der Waals surface area (Å²) in [5.74, 6) is 1.59. The molecule has 0 atom stereocenters. The van der Waals surface area contributed by atoms with E-state index in [2.05, 4.69) is 104 Å². The highest BCUT2D eigenvalue weighted by Crippen LogP contribution is 2.43. The highest BCUT2D eigenvalue weighted by molar-refractivity contribution is 6.10. The zero-order valence-electron chi connectivity index (χ0n) is 35.9. The molecule has 0 bridgehead atoms. The van der Waals surface area contributed by atoms with E-state index >= 15 is 0 Å². The Kier molecular flexibility index (Phi) is 9.05. The zero-order valence-corrected chi connectivity index (χ0v) is 35.9. The van der Waals surface area contributed by atoms with Crippen LogP contribution < -0.4 is 11.1 Å². The standard InChI is InChI=1S/C54H52N2O4/c1-29(2)21-35-27-39-37-13-9-11-15-47(37)59-51(39)43(23-31(5)6)49(35)33-17-19-45-41(25-33)53(57)56-54(58)42-26-34(18-20-46(42)55(45)56)50-36(22-30(3)4)28-40-38-14-10-12-16-48(38)60-52(40)44(50)24-32(7)8/h9-20,25-32H,21-24H2,1-8H3. The van der Waals surface area contributed by atoms with Crippen molar-refractivity contribution in [2.45, 2.75) is 81.1 Å². The quantitative estimate of drug-likeness (QED) is 0.138. The highest BCUT2D eigenvalue weighted by Gasteiger charge is 2.26. The van der Waals surface area contributed by atoms with E-state index in [1.54, 1.807) is 0 Å². The van der Waals surface area contributed by atoms with Gasteiger partial charge in [-0.3, -0.25) is 9.59 Å². The van der Waals surface area contributed by atoms with Crippen LogP contribution in [0.3, 0.4) is 0 Å². The van der Waals surface area contributed by atoms with Gasteiger partial charge in [-0.25, -0.2) is 4.52 Å². The molecule has 0 aliphatic heterocycles. The van der Waals surface area contributed by atoms with Gasteiger partial charge in [0, 0.05) is 32.7 Å². The van der Waals surface area contributed by atoms with Crippen molar-refractivity contribution in [2.24, 2.45) is 23.7 Å². The largest absolute Gasteiger partial charge is 0.456 e. The predicted octanol–water partition coefficient (Wildman–Crippen LogP) is 13.4. The third-order valence-corrected chi connectivity index (χ3v) is 12.3. The van der Waals surface area contributed by atoms with Gasteiger partial charge in [0.25, 0.3) is 11.1 Å². The molecule has 0 fully saturated rings. The summed E-state index contributed by atoms with van der Waals surface area (Å²) in [4.78, 5) is 29.1. The fourth-order valence-electron chi connectivity index (χ4n) is 10.0. The van der Waals surface area contributed by atoms with Gasteiger partial charge in [-0.15, -0.1) is 0 Å². The number of furan rings is 2. The van der Waals surface area contributed by atoms with E-state index in [9.17, 15) is 9.59 Å². The van der Waals surface area contributed by atoms with Crippen molar-refractivity contribution >= 4 is 65.7 Å². The lowest BCUT2D eigenvalue weighted by Gasteiger charge is -2.19. The Morgan fingerprint density at radius 2 is 0.833 bits per heavy atom. The van der Waals surface area contributed by atoms with E-state index < -0.39 is 0 Å². The lowest BCUT2D eigenvalue weighted by Crippen LogP contribution is -2.21. The minimum atomic E-state index is -0.306. The molecule has 0 aliphatic carbocycles. The normalized spacial score (nSPS) is 12.7. The van der Waals surface area contributed by atoms with Crippen molar-refractivity contribution < 1.29 is 8.83 Å². The molecule has 4 heterocycles. The average molecular weight is 793 g/mol. The van der Waals surface area contributed by atoms with Gasteiger partial charge in [0.2, 0.25) is 0 Å². The number of fused-ring (bicyclic) bond motifs is 11. The smallest absolute Gasteiger partial charge is 0.282 e. The molecular formula is C54H52N2O4. The Bertz CT molecular complexity index is 3220. The third-order valence-electron chi connectivity index (χ3n) is 12.3. The summed E-state index contributed by atoms with van der Waals surface area (Å²) in [6, 6.07) is 33.5. The Labute approximate surface area is 349 Å². The molecular weight excluding hydrogens is 741 g/mol. The summed E-state index contributed by atoms with van der Waals surface area (Å²) in [6.07, 6.45) is 3.43. The van der Waals surface area contributed by atoms with Gasteiger partial charge in [-0.05, 0) is 131 Å². The van der Waals surface area contributed by atoms with Crippen LogP contribution in [-0.2, 0) is 25.7 Å². The van der Waals surface area contributed by atoms with Crippen LogP contribution in [0.5, 0.6) is 0 Å². The van der Waals surface area contributed by atoms with Gasteiger partial charge in [0.05, 0.1) is 21.8 Å². The maximum atomic E-state index is 14.6. The Morgan fingerprint density at radius 1 is 0.433 bits per heavy atom. The number of para-hydroxylation sites is 2. The summed E-state index contributed by atoms with van der Waals surface area (Å²) in [5, 5.41) is 5.57. The second kappa shape index (κ2) is 14.3. The monoisotopic (exact) mass is 792 g/mol. The lowest BCUT2D eigenvalue weighted by atomic mass is 9.85. The molecule has 6 aromatic carbocycles. The maximum absolute atomic E-state index is 14.6. The van der Waals surface area contributed by atoms with Crippen LogP contribution >= 0.6 is 0 Å². The van der Waals surface area contributed by atoms with Crippen LogP contribution in [0.2, 0.25) is 0 Å². The second-order valence-corrected chi connectivity index (χ2v) is 18.8. The van der Waals surface area contributed by atoms with E-state index in [0.717, 1.165) is 91.8 Å². The number of aromatic nitrogens is 2. The molecule has 10 aromatic rings. The lowest BCUT2D eigenvalue weighted by molar-refractivity contribution is 0.620. The van der Waals surface area contributed by atoms with Gasteiger partial charge >= 0.3 is 0 Å².